The standard InChI is InChI=1S/C13H17ClN4O2/c14-12-7-11(18(19)20)6-5-9(12)8-16-13(15)17-10-3-1-2-4-10/h5-7,10H,1-4,8H2,(H3,15,16,17). The van der Waals surface area contributed by atoms with Crippen molar-refractivity contribution in [2.75, 3.05) is 0 Å². The molecule has 3 N–H and O–H groups in total. The Balaban J connectivity index is 1.97. The molecule has 1 aromatic rings. The Morgan fingerprint density at radius 3 is 2.80 bits per heavy atom. The van der Waals surface area contributed by atoms with Crippen molar-refractivity contribution in [1.29, 1.82) is 0 Å². The lowest BCUT2D eigenvalue weighted by Gasteiger charge is -2.12. The minimum atomic E-state index is -0.477. The van der Waals surface area contributed by atoms with Crippen molar-refractivity contribution in [3.63, 3.8) is 0 Å². The van der Waals surface area contributed by atoms with E-state index in [2.05, 4.69) is 10.3 Å². The smallest absolute Gasteiger partial charge is 0.270 e. The van der Waals surface area contributed by atoms with E-state index >= 15 is 0 Å². The van der Waals surface area contributed by atoms with Crippen molar-refractivity contribution in [3.8, 4) is 0 Å². The van der Waals surface area contributed by atoms with Gasteiger partial charge >= 0.3 is 0 Å². The van der Waals surface area contributed by atoms with Crippen molar-refractivity contribution < 1.29 is 4.92 Å². The lowest BCUT2D eigenvalue weighted by atomic mass is 10.2. The second-order valence-corrected chi connectivity index (χ2v) is 5.27. The molecule has 0 radical (unpaired) electrons. The summed E-state index contributed by atoms with van der Waals surface area (Å²) in [5, 5.41) is 14.1. The van der Waals surface area contributed by atoms with Gasteiger partial charge in [0.05, 0.1) is 16.5 Å². The second-order valence-electron chi connectivity index (χ2n) is 4.86. The number of guanidine groups is 1. The number of aliphatic imine (C=N–C) groups is 1. The number of nitrogens with two attached hydrogens (primary N) is 1. The lowest BCUT2D eigenvalue weighted by molar-refractivity contribution is -0.384. The number of non-ortho nitro benzene ring substituents is 1. The fourth-order valence-corrected chi connectivity index (χ4v) is 2.51. The number of halogens is 1. The first-order chi connectivity index (χ1) is 9.56. The Morgan fingerprint density at radius 2 is 2.20 bits per heavy atom. The molecule has 1 fully saturated rings. The highest BCUT2D eigenvalue weighted by molar-refractivity contribution is 6.31. The van der Waals surface area contributed by atoms with Gasteiger partial charge in [-0.05, 0) is 24.5 Å². The molecule has 2 rings (SSSR count). The third-order valence-electron chi connectivity index (χ3n) is 3.37. The van der Waals surface area contributed by atoms with Crippen LogP contribution in [0.25, 0.3) is 0 Å². The van der Waals surface area contributed by atoms with E-state index in [0.717, 1.165) is 12.8 Å². The monoisotopic (exact) mass is 296 g/mol. The average Bonchev–Trinajstić information content (AvgIpc) is 2.90. The Kier molecular flexibility index (Phi) is 4.79. The van der Waals surface area contributed by atoms with Crippen LogP contribution in [-0.4, -0.2) is 16.9 Å². The van der Waals surface area contributed by atoms with E-state index in [0.29, 0.717) is 29.1 Å². The lowest BCUT2D eigenvalue weighted by Crippen LogP contribution is -2.38. The molecule has 1 aliphatic carbocycles. The van der Waals surface area contributed by atoms with Gasteiger partial charge in [0.25, 0.3) is 5.69 Å². The third-order valence-corrected chi connectivity index (χ3v) is 3.73. The molecule has 0 aromatic heterocycles. The predicted octanol–water partition coefficient (Wildman–Crippen LogP) is 2.60. The zero-order chi connectivity index (χ0) is 14.5. The van der Waals surface area contributed by atoms with Crippen LogP contribution in [0.4, 0.5) is 5.69 Å². The van der Waals surface area contributed by atoms with Crippen LogP contribution in [-0.2, 0) is 6.54 Å². The molecule has 0 amide bonds. The first-order valence-electron chi connectivity index (χ1n) is 6.55. The van der Waals surface area contributed by atoms with Crippen molar-refractivity contribution >= 4 is 23.2 Å². The highest BCUT2D eigenvalue weighted by Gasteiger charge is 2.15. The van der Waals surface area contributed by atoms with Gasteiger partial charge < -0.3 is 11.1 Å². The van der Waals surface area contributed by atoms with Gasteiger partial charge in [-0.1, -0.05) is 24.4 Å². The molecule has 0 unspecified atom stereocenters. The van der Waals surface area contributed by atoms with Crippen LogP contribution in [0.15, 0.2) is 23.2 Å². The molecule has 1 aliphatic rings. The van der Waals surface area contributed by atoms with Gasteiger partial charge in [0.15, 0.2) is 5.96 Å². The normalized spacial score (nSPS) is 16.4. The molecule has 0 spiro atoms. The van der Waals surface area contributed by atoms with Gasteiger partial charge in [-0.3, -0.25) is 10.1 Å². The summed E-state index contributed by atoms with van der Waals surface area (Å²) in [5.41, 5.74) is 6.51. The fraction of sp³-hybridized carbons (Fsp3) is 0.462. The Labute approximate surface area is 122 Å². The summed E-state index contributed by atoms with van der Waals surface area (Å²) < 4.78 is 0. The van der Waals surface area contributed by atoms with Crippen LogP contribution in [0.1, 0.15) is 31.2 Å². The first kappa shape index (κ1) is 14.6. The molecule has 7 heteroatoms. The van der Waals surface area contributed by atoms with Crippen molar-refractivity contribution in [3.05, 3.63) is 38.9 Å². The highest BCUT2D eigenvalue weighted by Crippen LogP contribution is 2.23. The molecule has 1 aromatic carbocycles. The third kappa shape index (κ3) is 3.84. The van der Waals surface area contributed by atoms with Crippen molar-refractivity contribution in [1.82, 2.24) is 5.32 Å². The maximum atomic E-state index is 10.6. The van der Waals surface area contributed by atoms with Gasteiger partial charge in [-0.2, -0.15) is 0 Å². The molecular formula is C13H17ClN4O2. The van der Waals surface area contributed by atoms with Gasteiger partial charge in [0.2, 0.25) is 0 Å². The van der Waals surface area contributed by atoms with E-state index in [1.807, 2.05) is 0 Å². The quantitative estimate of drug-likeness (QED) is 0.386. The number of hydrogen-bond donors (Lipinski definition) is 2. The summed E-state index contributed by atoms with van der Waals surface area (Å²) in [6, 6.07) is 4.75. The van der Waals surface area contributed by atoms with E-state index in [-0.39, 0.29) is 5.69 Å². The number of benzene rings is 1. The summed E-state index contributed by atoms with van der Waals surface area (Å²) in [6.45, 7) is 0.308. The summed E-state index contributed by atoms with van der Waals surface area (Å²) in [6.07, 6.45) is 4.68. The van der Waals surface area contributed by atoms with E-state index in [1.54, 1.807) is 6.07 Å². The zero-order valence-corrected chi connectivity index (χ0v) is 11.8. The van der Waals surface area contributed by atoms with E-state index in [4.69, 9.17) is 17.3 Å². The number of nitrogens with one attached hydrogen (secondary N) is 1. The number of rotatable bonds is 4. The van der Waals surface area contributed by atoms with Crippen LogP contribution in [0.5, 0.6) is 0 Å². The van der Waals surface area contributed by atoms with Gasteiger partial charge in [-0.15, -0.1) is 0 Å². The second kappa shape index (κ2) is 6.56. The molecule has 20 heavy (non-hydrogen) atoms. The van der Waals surface area contributed by atoms with Crippen LogP contribution in [0, 0.1) is 10.1 Å². The SMILES string of the molecule is NC(=NCc1ccc([N+](=O)[O-])cc1Cl)NC1CCCC1. The minimum absolute atomic E-state index is 0.0280. The summed E-state index contributed by atoms with van der Waals surface area (Å²) in [7, 11) is 0. The van der Waals surface area contributed by atoms with Gasteiger partial charge in [0.1, 0.15) is 0 Å². The van der Waals surface area contributed by atoms with E-state index in [1.165, 1.54) is 25.0 Å². The fourth-order valence-electron chi connectivity index (χ4n) is 2.27. The van der Waals surface area contributed by atoms with Crippen LogP contribution < -0.4 is 11.1 Å². The van der Waals surface area contributed by atoms with E-state index < -0.39 is 4.92 Å². The summed E-state index contributed by atoms with van der Waals surface area (Å²) in [4.78, 5) is 14.4. The van der Waals surface area contributed by atoms with Crippen molar-refractivity contribution in [2.45, 2.75) is 38.3 Å². The molecule has 1 saturated carbocycles. The molecule has 0 saturated heterocycles. The minimum Gasteiger partial charge on any atom is -0.370 e. The van der Waals surface area contributed by atoms with E-state index in [9.17, 15) is 10.1 Å². The largest absolute Gasteiger partial charge is 0.370 e. The highest BCUT2D eigenvalue weighted by atomic mass is 35.5. The number of hydrogen-bond acceptors (Lipinski definition) is 3. The van der Waals surface area contributed by atoms with Gasteiger partial charge in [0, 0.05) is 18.2 Å². The molecular weight excluding hydrogens is 280 g/mol. The number of nitro groups is 1. The maximum absolute atomic E-state index is 10.6. The van der Waals surface area contributed by atoms with Crippen LogP contribution in [0.2, 0.25) is 5.02 Å². The van der Waals surface area contributed by atoms with Crippen molar-refractivity contribution in [2.24, 2.45) is 10.7 Å². The molecule has 0 heterocycles. The summed E-state index contributed by atoms with van der Waals surface area (Å²) in [5.74, 6) is 0.395. The maximum Gasteiger partial charge on any atom is 0.270 e. The summed E-state index contributed by atoms with van der Waals surface area (Å²) >= 11 is 5.99. The average molecular weight is 297 g/mol. The first-order valence-corrected chi connectivity index (χ1v) is 6.93. The molecule has 108 valence electrons. The Bertz CT molecular complexity index is 527. The number of nitro benzene ring substituents is 1. The Hall–Kier alpha value is -1.82. The van der Waals surface area contributed by atoms with Crippen LogP contribution in [0.3, 0.4) is 0 Å². The predicted molar refractivity (Wildman–Crippen MR) is 78.8 cm³/mol. The topological polar surface area (TPSA) is 93.5 Å². The molecule has 0 bridgehead atoms. The molecule has 0 aliphatic heterocycles. The molecule has 6 nitrogen and oxygen atoms in total. The van der Waals surface area contributed by atoms with Crippen LogP contribution >= 0.6 is 11.6 Å². The Morgan fingerprint density at radius 1 is 1.50 bits per heavy atom. The zero-order valence-electron chi connectivity index (χ0n) is 11.0. The molecule has 0 atom stereocenters. The van der Waals surface area contributed by atoms with Gasteiger partial charge in [-0.25, -0.2) is 4.99 Å². The number of nitrogens with zero attached hydrogens (tertiary/aromatic N) is 2.